The molecule has 0 radical (unpaired) electrons. The Kier molecular flexibility index (Phi) is 3.81. The van der Waals surface area contributed by atoms with E-state index in [0.717, 1.165) is 11.8 Å². The molecule has 1 fully saturated rings. The first-order valence-electron chi connectivity index (χ1n) is 5.37. The standard InChI is InChI=1S/C12H21N/c1-5-10(3)13-12-8-6-7-9(2)11(12)4/h1,9-13H,6-8H2,2-4H3. The molecule has 0 bridgehead atoms. The minimum absolute atomic E-state index is 0.220. The molecule has 1 saturated carbocycles. The lowest BCUT2D eigenvalue weighted by atomic mass is 9.78. The summed E-state index contributed by atoms with van der Waals surface area (Å²) >= 11 is 0. The second-order valence-corrected chi connectivity index (χ2v) is 4.43. The van der Waals surface area contributed by atoms with Crippen LogP contribution in [0.15, 0.2) is 0 Å². The molecule has 1 aliphatic rings. The van der Waals surface area contributed by atoms with Crippen molar-refractivity contribution in [2.24, 2.45) is 11.8 Å². The Morgan fingerprint density at radius 2 is 2.08 bits per heavy atom. The summed E-state index contributed by atoms with van der Waals surface area (Å²) in [7, 11) is 0. The zero-order chi connectivity index (χ0) is 9.84. The highest BCUT2D eigenvalue weighted by Crippen LogP contribution is 2.29. The summed E-state index contributed by atoms with van der Waals surface area (Å²) in [5, 5.41) is 3.51. The maximum atomic E-state index is 5.36. The van der Waals surface area contributed by atoms with Gasteiger partial charge in [0, 0.05) is 6.04 Å². The van der Waals surface area contributed by atoms with E-state index in [-0.39, 0.29) is 6.04 Å². The summed E-state index contributed by atoms with van der Waals surface area (Å²) in [4.78, 5) is 0. The van der Waals surface area contributed by atoms with Gasteiger partial charge >= 0.3 is 0 Å². The van der Waals surface area contributed by atoms with Crippen molar-refractivity contribution >= 4 is 0 Å². The number of rotatable bonds is 2. The highest BCUT2D eigenvalue weighted by atomic mass is 14.9. The molecule has 0 amide bonds. The smallest absolute Gasteiger partial charge is 0.0660 e. The molecule has 74 valence electrons. The van der Waals surface area contributed by atoms with Gasteiger partial charge in [0.15, 0.2) is 0 Å². The van der Waals surface area contributed by atoms with Crippen LogP contribution in [0, 0.1) is 24.2 Å². The zero-order valence-corrected chi connectivity index (χ0v) is 9.01. The maximum Gasteiger partial charge on any atom is 0.0660 e. The molecule has 0 spiro atoms. The van der Waals surface area contributed by atoms with Crippen LogP contribution in [-0.4, -0.2) is 12.1 Å². The fraction of sp³-hybridized carbons (Fsp3) is 0.833. The van der Waals surface area contributed by atoms with Crippen molar-refractivity contribution in [1.82, 2.24) is 5.32 Å². The molecule has 4 atom stereocenters. The van der Waals surface area contributed by atoms with Gasteiger partial charge in [-0.3, -0.25) is 0 Å². The fourth-order valence-corrected chi connectivity index (χ4v) is 2.19. The molecule has 0 aromatic heterocycles. The van der Waals surface area contributed by atoms with E-state index in [1.54, 1.807) is 0 Å². The van der Waals surface area contributed by atoms with E-state index in [2.05, 4.69) is 32.0 Å². The van der Waals surface area contributed by atoms with Crippen molar-refractivity contribution in [3.05, 3.63) is 0 Å². The molecule has 4 unspecified atom stereocenters. The highest BCUT2D eigenvalue weighted by Gasteiger charge is 2.27. The summed E-state index contributed by atoms with van der Waals surface area (Å²) in [6.45, 7) is 6.75. The van der Waals surface area contributed by atoms with Crippen LogP contribution >= 0.6 is 0 Å². The Morgan fingerprint density at radius 1 is 1.38 bits per heavy atom. The normalized spacial score (nSPS) is 36.6. The fourth-order valence-electron chi connectivity index (χ4n) is 2.19. The molecule has 13 heavy (non-hydrogen) atoms. The number of hydrogen-bond acceptors (Lipinski definition) is 1. The predicted molar refractivity (Wildman–Crippen MR) is 57.4 cm³/mol. The minimum Gasteiger partial charge on any atom is -0.301 e. The van der Waals surface area contributed by atoms with Crippen LogP contribution in [0.4, 0.5) is 0 Å². The molecule has 0 aromatic carbocycles. The van der Waals surface area contributed by atoms with Gasteiger partial charge in [0.2, 0.25) is 0 Å². The third kappa shape index (κ3) is 2.74. The Morgan fingerprint density at radius 3 is 2.69 bits per heavy atom. The van der Waals surface area contributed by atoms with Crippen LogP contribution in [0.5, 0.6) is 0 Å². The van der Waals surface area contributed by atoms with E-state index in [1.807, 2.05) is 0 Å². The summed E-state index contributed by atoms with van der Waals surface area (Å²) in [6.07, 6.45) is 9.37. The molecular formula is C12H21N. The van der Waals surface area contributed by atoms with Crippen molar-refractivity contribution in [2.75, 3.05) is 0 Å². The number of nitrogens with one attached hydrogen (secondary N) is 1. The SMILES string of the molecule is C#CC(C)NC1CCCC(C)C1C. The van der Waals surface area contributed by atoms with Gasteiger partial charge in [-0.1, -0.05) is 32.6 Å². The summed E-state index contributed by atoms with van der Waals surface area (Å²) in [5.41, 5.74) is 0. The molecule has 0 aromatic rings. The molecule has 0 aliphatic heterocycles. The Bertz CT molecular complexity index is 192. The van der Waals surface area contributed by atoms with E-state index in [1.165, 1.54) is 19.3 Å². The van der Waals surface area contributed by atoms with Crippen molar-refractivity contribution < 1.29 is 0 Å². The van der Waals surface area contributed by atoms with Gasteiger partial charge in [-0.2, -0.15) is 0 Å². The zero-order valence-electron chi connectivity index (χ0n) is 9.01. The van der Waals surface area contributed by atoms with Crippen LogP contribution in [0.3, 0.4) is 0 Å². The Labute approximate surface area is 82.3 Å². The van der Waals surface area contributed by atoms with Gasteiger partial charge in [-0.15, -0.1) is 6.42 Å². The third-order valence-corrected chi connectivity index (χ3v) is 3.42. The molecule has 1 heteroatoms. The first kappa shape index (κ1) is 10.6. The van der Waals surface area contributed by atoms with E-state index < -0.39 is 0 Å². The van der Waals surface area contributed by atoms with Crippen LogP contribution < -0.4 is 5.32 Å². The van der Waals surface area contributed by atoms with Gasteiger partial charge in [-0.05, 0) is 25.2 Å². The largest absolute Gasteiger partial charge is 0.301 e. The Hall–Kier alpha value is -0.480. The van der Waals surface area contributed by atoms with Gasteiger partial charge in [0.05, 0.1) is 6.04 Å². The summed E-state index contributed by atoms with van der Waals surface area (Å²) < 4.78 is 0. The molecule has 1 rings (SSSR count). The van der Waals surface area contributed by atoms with E-state index in [4.69, 9.17) is 6.42 Å². The van der Waals surface area contributed by atoms with Crippen molar-refractivity contribution in [1.29, 1.82) is 0 Å². The maximum absolute atomic E-state index is 5.36. The predicted octanol–water partition coefficient (Wildman–Crippen LogP) is 2.42. The molecule has 0 heterocycles. The Balaban J connectivity index is 2.45. The first-order chi connectivity index (χ1) is 6.15. The first-order valence-corrected chi connectivity index (χ1v) is 5.37. The number of hydrogen-bond donors (Lipinski definition) is 1. The van der Waals surface area contributed by atoms with E-state index in [9.17, 15) is 0 Å². The average Bonchev–Trinajstić information content (AvgIpc) is 2.13. The highest BCUT2D eigenvalue weighted by molar-refractivity contribution is 4.98. The molecule has 1 aliphatic carbocycles. The lowest BCUT2D eigenvalue weighted by Gasteiger charge is -2.35. The average molecular weight is 179 g/mol. The number of terminal acetylenes is 1. The quantitative estimate of drug-likeness (QED) is 0.642. The van der Waals surface area contributed by atoms with Crippen molar-refractivity contribution in [3.63, 3.8) is 0 Å². The van der Waals surface area contributed by atoms with Gasteiger partial charge in [0.1, 0.15) is 0 Å². The second kappa shape index (κ2) is 4.67. The van der Waals surface area contributed by atoms with Crippen molar-refractivity contribution in [2.45, 2.75) is 52.1 Å². The van der Waals surface area contributed by atoms with Gasteiger partial charge in [-0.25, -0.2) is 0 Å². The third-order valence-electron chi connectivity index (χ3n) is 3.42. The van der Waals surface area contributed by atoms with Gasteiger partial charge < -0.3 is 5.32 Å². The molecule has 1 nitrogen and oxygen atoms in total. The van der Waals surface area contributed by atoms with Crippen LogP contribution in [0.25, 0.3) is 0 Å². The van der Waals surface area contributed by atoms with Crippen LogP contribution in [0.2, 0.25) is 0 Å². The van der Waals surface area contributed by atoms with E-state index >= 15 is 0 Å². The summed E-state index contributed by atoms with van der Waals surface area (Å²) in [5.74, 6) is 4.35. The van der Waals surface area contributed by atoms with Crippen LogP contribution in [0.1, 0.15) is 40.0 Å². The molecular weight excluding hydrogens is 158 g/mol. The minimum atomic E-state index is 0.220. The lowest BCUT2D eigenvalue weighted by molar-refractivity contribution is 0.203. The van der Waals surface area contributed by atoms with Gasteiger partial charge in [0.25, 0.3) is 0 Å². The van der Waals surface area contributed by atoms with E-state index in [0.29, 0.717) is 6.04 Å². The molecule has 1 N–H and O–H groups in total. The van der Waals surface area contributed by atoms with Crippen LogP contribution in [-0.2, 0) is 0 Å². The topological polar surface area (TPSA) is 12.0 Å². The second-order valence-electron chi connectivity index (χ2n) is 4.43. The lowest BCUT2D eigenvalue weighted by Crippen LogP contribution is -2.44. The monoisotopic (exact) mass is 179 g/mol. The van der Waals surface area contributed by atoms with Crippen molar-refractivity contribution in [3.8, 4) is 12.3 Å². The molecule has 0 saturated heterocycles. The summed E-state index contributed by atoms with van der Waals surface area (Å²) in [6, 6.07) is 0.854.